The molecule has 0 bridgehead atoms. The maximum Gasteiger partial charge on any atom is 0.321 e. The molecule has 0 saturated carbocycles. The van der Waals surface area contributed by atoms with Crippen LogP contribution in [0.15, 0.2) is 23.1 Å². The minimum atomic E-state index is -4.25. The first-order valence-electron chi connectivity index (χ1n) is 5.55. The third-order valence-electron chi connectivity index (χ3n) is 2.43. The van der Waals surface area contributed by atoms with E-state index in [0.717, 1.165) is 6.07 Å². The van der Waals surface area contributed by atoms with Crippen LogP contribution < -0.4 is 4.72 Å². The highest BCUT2D eigenvalue weighted by Crippen LogP contribution is 2.25. The van der Waals surface area contributed by atoms with Crippen LogP contribution in [0.25, 0.3) is 0 Å². The summed E-state index contributed by atoms with van der Waals surface area (Å²) in [7, 11) is -4.25. The molecule has 0 aromatic heterocycles. The fourth-order valence-corrected chi connectivity index (χ4v) is 3.42. The quantitative estimate of drug-likeness (QED) is 0.682. The van der Waals surface area contributed by atoms with Crippen molar-refractivity contribution in [3.63, 3.8) is 0 Å². The molecule has 7 nitrogen and oxygen atoms in total. The van der Waals surface area contributed by atoms with Crippen molar-refractivity contribution in [2.75, 3.05) is 0 Å². The molecular weight excluding hydrogens is 345 g/mol. The molecular formula is C11H11Cl2NO6S. The monoisotopic (exact) mass is 355 g/mol. The highest BCUT2D eigenvalue weighted by molar-refractivity contribution is 7.89. The molecule has 0 aliphatic carbocycles. The summed E-state index contributed by atoms with van der Waals surface area (Å²) in [6.07, 6.45) is -0.898. The number of hydrogen-bond donors (Lipinski definition) is 3. The molecule has 0 amide bonds. The second-order valence-corrected chi connectivity index (χ2v) is 6.55. The van der Waals surface area contributed by atoms with Gasteiger partial charge in [-0.1, -0.05) is 23.2 Å². The van der Waals surface area contributed by atoms with Gasteiger partial charge in [0.15, 0.2) is 0 Å². The maximum absolute atomic E-state index is 12.1. The van der Waals surface area contributed by atoms with Crippen LogP contribution in [0, 0.1) is 0 Å². The molecule has 10 heteroatoms. The Labute approximate surface area is 130 Å². The summed E-state index contributed by atoms with van der Waals surface area (Å²) in [6, 6.07) is 2.12. The second-order valence-electron chi connectivity index (χ2n) is 4.02. The second kappa shape index (κ2) is 7.08. The minimum absolute atomic E-state index is 0.109. The van der Waals surface area contributed by atoms with Crippen LogP contribution in [-0.2, 0) is 19.6 Å². The first-order chi connectivity index (χ1) is 9.63. The fourth-order valence-electron chi connectivity index (χ4n) is 1.43. The van der Waals surface area contributed by atoms with Gasteiger partial charge in [-0.15, -0.1) is 0 Å². The zero-order valence-corrected chi connectivity index (χ0v) is 12.7. The SMILES string of the molecule is O=C(O)CC[C@H](NS(=O)(=O)c1cc(Cl)ccc1Cl)C(=O)O. The van der Waals surface area contributed by atoms with Crippen molar-refractivity contribution in [2.45, 2.75) is 23.8 Å². The van der Waals surface area contributed by atoms with E-state index in [2.05, 4.69) is 0 Å². The highest BCUT2D eigenvalue weighted by atomic mass is 35.5. The van der Waals surface area contributed by atoms with Crippen LogP contribution in [0.5, 0.6) is 0 Å². The highest BCUT2D eigenvalue weighted by Gasteiger charge is 2.27. The molecule has 21 heavy (non-hydrogen) atoms. The smallest absolute Gasteiger partial charge is 0.321 e. The van der Waals surface area contributed by atoms with Crippen molar-refractivity contribution in [1.82, 2.24) is 4.72 Å². The summed E-state index contributed by atoms with van der Waals surface area (Å²) in [4.78, 5) is 21.1. The Hall–Kier alpha value is -1.35. The van der Waals surface area contributed by atoms with Gasteiger partial charge < -0.3 is 10.2 Å². The average Bonchev–Trinajstić information content (AvgIpc) is 2.36. The van der Waals surface area contributed by atoms with Crippen molar-refractivity contribution in [3.05, 3.63) is 28.2 Å². The Morgan fingerprint density at radius 1 is 1.24 bits per heavy atom. The lowest BCUT2D eigenvalue weighted by Gasteiger charge is -2.14. The van der Waals surface area contributed by atoms with Gasteiger partial charge in [0.2, 0.25) is 10.0 Å². The van der Waals surface area contributed by atoms with Gasteiger partial charge in [-0.3, -0.25) is 9.59 Å². The van der Waals surface area contributed by atoms with Gasteiger partial charge in [-0.05, 0) is 24.6 Å². The van der Waals surface area contributed by atoms with Gasteiger partial charge in [0.05, 0.1) is 5.02 Å². The van der Waals surface area contributed by atoms with Crippen molar-refractivity contribution >= 4 is 45.2 Å². The molecule has 0 aliphatic heterocycles. The van der Waals surface area contributed by atoms with E-state index < -0.39 is 40.8 Å². The van der Waals surface area contributed by atoms with Crippen LogP contribution in [0.3, 0.4) is 0 Å². The van der Waals surface area contributed by atoms with Gasteiger partial charge in [-0.2, -0.15) is 4.72 Å². The molecule has 0 spiro atoms. The predicted molar refractivity (Wildman–Crippen MR) is 75.1 cm³/mol. The molecule has 1 aromatic rings. The minimum Gasteiger partial charge on any atom is -0.481 e. The predicted octanol–water partition coefficient (Wildman–Crippen LogP) is 1.59. The number of hydrogen-bond acceptors (Lipinski definition) is 4. The molecule has 3 N–H and O–H groups in total. The summed E-state index contributed by atoms with van der Waals surface area (Å²) in [5.74, 6) is -2.72. The van der Waals surface area contributed by atoms with Crippen LogP contribution >= 0.6 is 23.2 Å². The number of nitrogens with one attached hydrogen (secondary N) is 1. The first kappa shape index (κ1) is 17.7. The lowest BCUT2D eigenvalue weighted by atomic mass is 10.2. The van der Waals surface area contributed by atoms with Crippen molar-refractivity contribution in [2.24, 2.45) is 0 Å². The van der Waals surface area contributed by atoms with Crippen LogP contribution in [-0.4, -0.2) is 36.6 Å². The number of carboxylic acids is 2. The number of carboxylic acid groups (broad SMARTS) is 2. The largest absolute Gasteiger partial charge is 0.481 e. The molecule has 1 aromatic carbocycles. The number of rotatable bonds is 7. The number of aliphatic carboxylic acids is 2. The molecule has 1 rings (SSSR count). The molecule has 0 heterocycles. The average molecular weight is 356 g/mol. The number of sulfonamides is 1. The fraction of sp³-hybridized carbons (Fsp3) is 0.273. The van der Waals surface area contributed by atoms with E-state index in [9.17, 15) is 18.0 Å². The van der Waals surface area contributed by atoms with Crippen molar-refractivity contribution in [1.29, 1.82) is 0 Å². The first-order valence-corrected chi connectivity index (χ1v) is 7.79. The molecule has 0 radical (unpaired) electrons. The van der Waals surface area contributed by atoms with Gasteiger partial charge >= 0.3 is 11.9 Å². The zero-order chi connectivity index (χ0) is 16.2. The molecule has 0 aliphatic rings. The third-order valence-corrected chi connectivity index (χ3v) is 4.61. The lowest BCUT2D eigenvalue weighted by Crippen LogP contribution is -2.41. The third kappa shape index (κ3) is 5.16. The molecule has 1 atom stereocenters. The molecule has 0 saturated heterocycles. The summed E-state index contributed by atoms with van der Waals surface area (Å²) in [5.41, 5.74) is 0. The Kier molecular flexibility index (Phi) is 5.97. The van der Waals surface area contributed by atoms with Crippen molar-refractivity contribution in [3.8, 4) is 0 Å². The molecule has 0 fully saturated rings. The van der Waals surface area contributed by atoms with Gasteiger partial charge in [0.25, 0.3) is 0 Å². The Morgan fingerprint density at radius 2 is 1.86 bits per heavy atom. The topological polar surface area (TPSA) is 121 Å². The van der Waals surface area contributed by atoms with Crippen LogP contribution in [0.4, 0.5) is 0 Å². The Bertz CT molecular complexity index is 661. The molecule has 116 valence electrons. The summed E-state index contributed by atoms with van der Waals surface area (Å²) in [5, 5.41) is 17.5. The standard InChI is InChI=1S/C11H11Cl2NO6S/c12-6-1-2-7(13)9(5-6)21(19,20)14-8(11(17)18)3-4-10(15)16/h1-2,5,8,14H,3-4H2,(H,15,16)(H,17,18)/t8-/m0/s1. The normalized spacial score (nSPS) is 12.9. The van der Waals surface area contributed by atoms with E-state index in [1.807, 2.05) is 4.72 Å². The number of benzene rings is 1. The summed E-state index contributed by atoms with van der Waals surface area (Å²) in [6.45, 7) is 0. The Balaban J connectivity index is 3.03. The van der Waals surface area contributed by atoms with Gasteiger partial charge in [-0.25, -0.2) is 8.42 Å². The van der Waals surface area contributed by atoms with Gasteiger partial charge in [0, 0.05) is 11.4 Å². The van der Waals surface area contributed by atoms with E-state index in [4.69, 9.17) is 33.4 Å². The van der Waals surface area contributed by atoms with Crippen LogP contribution in [0.1, 0.15) is 12.8 Å². The van der Waals surface area contributed by atoms with E-state index in [1.54, 1.807) is 0 Å². The van der Waals surface area contributed by atoms with E-state index in [-0.39, 0.29) is 14.9 Å². The number of halogens is 2. The maximum atomic E-state index is 12.1. The lowest BCUT2D eigenvalue weighted by molar-refractivity contribution is -0.140. The summed E-state index contributed by atoms with van der Waals surface area (Å²) >= 11 is 11.4. The van der Waals surface area contributed by atoms with Gasteiger partial charge in [0.1, 0.15) is 10.9 Å². The molecule has 0 unspecified atom stereocenters. The van der Waals surface area contributed by atoms with Crippen LogP contribution in [0.2, 0.25) is 10.0 Å². The van der Waals surface area contributed by atoms with E-state index >= 15 is 0 Å². The number of carbonyl (C=O) groups is 2. The van der Waals surface area contributed by atoms with E-state index in [1.165, 1.54) is 12.1 Å². The van der Waals surface area contributed by atoms with E-state index in [0.29, 0.717) is 0 Å². The Morgan fingerprint density at radius 3 is 2.38 bits per heavy atom. The summed E-state index contributed by atoms with van der Waals surface area (Å²) < 4.78 is 26.1. The van der Waals surface area contributed by atoms with Crippen molar-refractivity contribution < 1.29 is 28.2 Å². The zero-order valence-electron chi connectivity index (χ0n) is 10.4.